The fourth-order valence-corrected chi connectivity index (χ4v) is 1.86. The Morgan fingerprint density at radius 3 is 2.68 bits per heavy atom. The second kappa shape index (κ2) is 8.53. The van der Waals surface area contributed by atoms with E-state index in [9.17, 15) is 9.59 Å². The van der Waals surface area contributed by atoms with Gasteiger partial charge >= 0.3 is 0 Å². The average Bonchev–Trinajstić information content (AvgIpc) is 2.93. The van der Waals surface area contributed by atoms with Gasteiger partial charge in [0.1, 0.15) is 6.26 Å². The van der Waals surface area contributed by atoms with Crippen LogP contribution in [0.25, 0.3) is 0 Å². The van der Waals surface area contributed by atoms with E-state index >= 15 is 0 Å². The largest absolute Gasteiger partial charge is 0.382 e. The molecule has 0 atom stereocenters. The first-order valence-electron chi connectivity index (χ1n) is 7.42. The fraction of sp³-hybridized carbons (Fsp3) is 0.667. The van der Waals surface area contributed by atoms with Crippen molar-refractivity contribution in [3.8, 4) is 0 Å². The minimum atomic E-state index is -0.542. The Kier molecular flexibility index (Phi) is 7.04. The van der Waals surface area contributed by atoms with Crippen LogP contribution in [0.3, 0.4) is 0 Å². The number of hydrogen-bond acceptors (Lipinski definition) is 5. The highest BCUT2D eigenvalue weighted by molar-refractivity contribution is 5.94. The van der Waals surface area contributed by atoms with E-state index in [1.54, 1.807) is 11.0 Å². The summed E-state index contributed by atoms with van der Waals surface area (Å²) in [6.07, 6.45) is 2.06. The molecule has 7 heteroatoms. The van der Waals surface area contributed by atoms with Gasteiger partial charge in [-0.05, 0) is 13.3 Å². The highest BCUT2D eigenvalue weighted by Gasteiger charge is 2.28. The molecule has 0 aromatic carbocycles. The third-order valence-electron chi connectivity index (χ3n) is 2.89. The summed E-state index contributed by atoms with van der Waals surface area (Å²) < 4.78 is 9.93. The Labute approximate surface area is 131 Å². The smallest absolute Gasteiger partial charge is 0.245 e. The lowest BCUT2D eigenvalue weighted by Crippen LogP contribution is -2.44. The molecule has 22 heavy (non-hydrogen) atoms. The second-order valence-electron chi connectivity index (χ2n) is 5.96. The van der Waals surface area contributed by atoms with E-state index in [0.29, 0.717) is 32.0 Å². The van der Waals surface area contributed by atoms with Gasteiger partial charge in [0.15, 0.2) is 5.82 Å². The minimum absolute atomic E-state index is 0.0188. The third kappa shape index (κ3) is 6.26. The monoisotopic (exact) mass is 311 g/mol. The normalized spacial score (nSPS) is 11.3. The number of ether oxygens (including phenoxy) is 1. The van der Waals surface area contributed by atoms with Gasteiger partial charge < -0.3 is 19.5 Å². The minimum Gasteiger partial charge on any atom is -0.382 e. The van der Waals surface area contributed by atoms with Crippen molar-refractivity contribution in [3.63, 3.8) is 0 Å². The first kappa shape index (κ1) is 18.2. The Morgan fingerprint density at radius 1 is 1.41 bits per heavy atom. The van der Waals surface area contributed by atoms with Crippen molar-refractivity contribution in [3.05, 3.63) is 12.3 Å². The van der Waals surface area contributed by atoms with Crippen LogP contribution in [0, 0.1) is 5.41 Å². The summed E-state index contributed by atoms with van der Waals surface area (Å²) in [4.78, 5) is 26.0. The van der Waals surface area contributed by atoms with E-state index in [4.69, 9.17) is 4.74 Å². The summed E-state index contributed by atoms with van der Waals surface area (Å²) in [5.41, 5.74) is -0.542. The maximum atomic E-state index is 12.4. The van der Waals surface area contributed by atoms with Gasteiger partial charge in [-0.3, -0.25) is 9.59 Å². The molecule has 0 spiro atoms. The zero-order valence-electron chi connectivity index (χ0n) is 13.7. The summed E-state index contributed by atoms with van der Waals surface area (Å²) in [6, 6.07) is 1.54. The topological polar surface area (TPSA) is 84.7 Å². The van der Waals surface area contributed by atoms with Crippen molar-refractivity contribution in [1.29, 1.82) is 0 Å². The van der Waals surface area contributed by atoms with Gasteiger partial charge in [-0.1, -0.05) is 25.9 Å². The van der Waals surface area contributed by atoms with Crippen LogP contribution in [-0.2, 0) is 14.3 Å². The molecule has 1 aromatic heterocycles. The van der Waals surface area contributed by atoms with Crippen LogP contribution in [0.4, 0.5) is 5.82 Å². The molecule has 1 N–H and O–H groups in total. The average molecular weight is 311 g/mol. The lowest BCUT2D eigenvalue weighted by atomic mass is 9.94. The van der Waals surface area contributed by atoms with E-state index in [-0.39, 0.29) is 18.4 Å². The number of rotatable bonds is 8. The molecule has 1 rings (SSSR count). The van der Waals surface area contributed by atoms with Crippen LogP contribution >= 0.6 is 0 Å². The molecular formula is C15H25N3O4. The van der Waals surface area contributed by atoms with Gasteiger partial charge in [-0.25, -0.2) is 0 Å². The quantitative estimate of drug-likeness (QED) is 0.741. The van der Waals surface area contributed by atoms with Crippen LogP contribution in [0.2, 0.25) is 0 Å². The number of aromatic nitrogens is 1. The molecule has 124 valence electrons. The van der Waals surface area contributed by atoms with Crippen LogP contribution in [-0.4, -0.2) is 48.2 Å². The molecule has 0 saturated carbocycles. The maximum absolute atomic E-state index is 12.4. The molecule has 0 unspecified atom stereocenters. The van der Waals surface area contributed by atoms with Crippen molar-refractivity contribution < 1.29 is 18.8 Å². The van der Waals surface area contributed by atoms with Gasteiger partial charge in [0.2, 0.25) is 11.8 Å². The van der Waals surface area contributed by atoms with Crippen molar-refractivity contribution in [2.75, 3.05) is 31.6 Å². The maximum Gasteiger partial charge on any atom is 0.245 e. The van der Waals surface area contributed by atoms with E-state index in [1.807, 2.05) is 27.7 Å². The zero-order chi connectivity index (χ0) is 16.6. The number of amides is 2. The molecule has 0 aliphatic rings. The second-order valence-corrected chi connectivity index (χ2v) is 5.96. The van der Waals surface area contributed by atoms with Crippen LogP contribution < -0.4 is 5.32 Å². The standard InChI is InChI=1S/C15H25N3O4/c1-5-21-9-6-8-18(14(20)15(2,3)4)11-13(19)16-12-7-10-22-17-12/h7,10H,5-6,8-9,11H2,1-4H3,(H,16,17,19). The van der Waals surface area contributed by atoms with Gasteiger partial charge in [0.05, 0.1) is 6.54 Å². The number of carbonyl (C=O) groups is 2. The molecule has 1 aromatic rings. The summed E-state index contributed by atoms with van der Waals surface area (Å²) in [5, 5.41) is 6.20. The van der Waals surface area contributed by atoms with Crippen LogP contribution in [0.1, 0.15) is 34.1 Å². The molecule has 7 nitrogen and oxygen atoms in total. The van der Waals surface area contributed by atoms with E-state index in [2.05, 4.69) is 15.0 Å². The van der Waals surface area contributed by atoms with Gasteiger partial charge in [-0.2, -0.15) is 0 Å². The van der Waals surface area contributed by atoms with Crippen molar-refractivity contribution in [2.45, 2.75) is 34.1 Å². The summed E-state index contributed by atoms with van der Waals surface area (Å²) in [7, 11) is 0. The number of anilines is 1. The van der Waals surface area contributed by atoms with E-state index in [1.165, 1.54) is 6.26 Å². The molecule has 0 saturated heterocycles. The number of nitrogens with zero attached hydrogens (tertiary/aromatic N) is 2. The third-order valence-corrected chi connectivity index (χ3v) is 2.89. The Bertz CT molecular complexity index is 466. The van der Waals surface area contributed by atoms with E-state index in [0.717, 1.165) is 0 Å². The lowest BCUT2D eigenvalue weighted by Gasteiger charge is -2.29. The van der Waals surface area contributed by atoms with Gasteiger partial charge in [0.25, 0.3) is 0 Å². The highest BCUT2D eigenvalue weighted by Crippen LogP contribution is 2.17. The van der Waals surface area contributed by atoms with Crippen LogP contribution in [0.15, 0.2) is 16.9 Å². The van der Waals surface area contributed by atoms with E-state index < -0.39 is 5.41 Å². The number of carbonyl (C=O) groups excluding carboxylic acids is 2. The molecule has 0 bridgehead atoms. The predicted molar refractivity (Wildman–Crippen MR) is 82.3 cm³/mol. The highest BCUT2D eigenvalue weighted by atomic mass is 16.5. The molecular weight excluding hydrogens is 286 g/mol. The zero-order valence-corrected chi connectivity index (χ0v) is 13.7. The van der Waals surface area contributed by atoms with Gasteiger partial charge in [-0.15, -0.1) is 0 Å². The van der Waals surface area contributed by atoms with Crippen molar-refractivity contribution >= 4 is 17.6 Å². The Balaban J connectivity index is 2.60. The summed E-state index contributed by atoms with van der Waals surface area (Å²) >= 11 is 0. The molecule has 0 radical (unpaired) electrons. The summed E-state index contributed by atoms with van der Waals surface area (Å²) in [6.45, 7) is 9.08. The van der Waals surface area contributed by atoms with Crippen LogP contribution in [0.5, 0.6) is 0 Å². The fourth-order valence-electron chi connectivity index (χ4n) is 1.86. The number of hydrogen-bond donors (Lipinski definition) is 1. The first-order valence-corrected chi connectivity index (χ1v) is 7.42. The van der Waals surface area contributed by atoms with Gasteiger partial charge in [0, 0.05) is 31.2 Å². The molecule has 0 aliphatic heterocycles. The number of nitrogens with one attached hydrogen (secondary N) is 1. The Hall–Kier alpha value is -1.89. The molecule has 2 amide bonds. The SMILES string of the molecule is CCOCCCN(CC(=O)Nc1ccon1)C(=O)C(C)(C)C. The summed E-state index contributed by atoms with van der Waals surface area (Å²) in [5.74, 6) is -0.0373. The molecule has 0 aliphatic carbocycles. The molecule has 1 heterocycles. The lowest BCUT2D eigenvalue weighted by molar-refractivity contribution is -0.142. The van der Waals surface area contributed by atoms with Crippen molar-refractivity contribution in [2.24, 2.45) is 5.41 Å². The van der Waals surface area contributed by atoms with Crippen molar-refractivity contribution in [1.82, 2.24) is 10.1 Å². The first-order chi connectivity index (χ1) is 10.3. The molecule has 0 fully saturated rings. The predicted octanol–water partition coefficient (Wildman–Crippen LogP) is 1.91. The Morgan fingerprint density at radius 2 is 2.14 bits per heavy atom.